The van der Waals surface area contributed by atoms with Gasteiger partial charge >= 0.3 is 0 Å². The van der Waals surface area contributed by atoms with Gasteiger partial charge in [0.2, 0.25) is 0 Å². The molecule has 10 aromatic carbocycles. The molecule has 0 saturated carbocycles. The minimum absolute atomic E-state index is 1.13. The van der Waals surface area contributed by atoms with Crippen molar-refractivity contribution in [2.45, 2.75) is 0 Å². The van der Waals surface area contributed by atoms with Gasteiger partial charge < -0.3 is 9.80 Å². The highest BCUT2D eigenvalue weighted by Gasteiger charge is 2.23. The van der Waals surface area contributed by atoms with Crippen LogP contribution in [0.1, 0.15) is 0 Å². The van der Waals surface area contributed by atoms with Crippen molar-refractivity contribution in [2.24, 2.45) is 0 Å². The first-order valence-electron chi connectivity index (χ1n) is 18.1. The highest BCUT2D eigenvalue weighted by Crippen LogP contribution is 2.50. The van der Waals surface area contributed by atoms with E-state index in [9.17, 15) is 0 Å². The van der Waals surface area contributed by atoms with Crippen LogP contribution in [0.4, 0.5) is 34.1 Å². The van der Waals surface area contributed by atoms with Crippen LogP contribution < -0.4 is 9.80 Å². The van der Waals surface area contributed by atoms with Crippen LogP contribution in [-0.2, 0) is 0 Å². The maximum Gasteiger partial charge on any atom is 0.0640 e. The third kappa shape index (κ3) is 4.71. The van der Waals surface area contributed by atoms with Gasteiger partial charge in [0.15, 0.2) is 0 Å². The van der Waals surface area contributed by atoms with E-state index >= 15 is 0 Å². The van der Waals surface area contributed by atoms with Crippen molar-refractivity contribution >= 4 is 109 Å². The fourth-order valence-corrected chi connectivity index (χ4v) is 9.58. The highest BCUT2D eigenvalue weighted by atomic mass is 32.1. The van der Waals surface area contributed by atoms with Crippen LogP contribution in [0.25, 0.3) is 63.3 Å². The van der Waals surface area contributed by atoms with E-state index in [1.54, 1.807) is 0 Å². The van der Waals surface area contributed by atoms with Crippen molar-refractivity contribution in [3.8, 4) is 0 Å². The highest BCUT2D eigenvalue weighted by molar-refractivity contribution is 7.26. The number of hydrogen-bond acceptors (Lipinski definition) is 3. The molecule has 2 nitrogen and oxygen atoms in total. The normalized spacial score (nSPS) is 11.8. The molecular formula is C50H32N2S. The van der Waals surface area contributed by atoms with E-state index in [-0.39, 0.29) is 0 Å². The van der Waals surface area contributed by atoms with Gasteiger partial charge in [0.05, 0.1) is 21.8 Å². The predicted octanol–water partition coefficient (Wildman–Crippen LogP) is 15.0. The quantitative estimate of drug-likeness (QED) is 0.160. The molecule has 11 aromatic rings. The number of fused-ring (bicyclic) bond motifs is 4. The lowest BCUT2D eigenvalue weighted by molar-refractivity contribution is 1.30. The fourth-order valence-electron chi connectivity index (χ4n) is 8.37. The molecule has 0 fully saturated rings. The molecule has 1 aromatic heterocycles. The predicted molar refractivity (Wildman–Crippen MR) is 230 cm³/mol. The van der Waals surface area contributed by atoms with Crippen LogP contribution in [0.3, 0.4) is 0 Å². The second-order valence-electron chi connectivity index (χ2n) is 13.7. The second-order valence-corrected chi connectivity index (χ2v) is 14.8. The molecule has 0 amide bonds. The molecule has 0 aliphatic carbocycles. The number of para-hydroxylation sites is 2. The SMILES string of the molecule is c1ccc(N(c2ccc3ccccc3c2)c2ccc3ccc4c(N(c5ccccc5)c5cccc6c5sc5ccccc56)ccc5ccc2c3c54)cc1. The maximum absolute atomic E-state index is 2.47. The minimum Gasteiger partial charge on any atom is -0.310 e. The van der Waals surface area contributed by atoms with Crippen LogP contribution in [-0.4, -0.2) is 0 Å². The first-order chi connectivity index (χ1) is 26.3. The summed E-state index contributed by atoms with van der Waals surface area (Å²) in [5.74, 6) is 0. The van der Waals surface area contributed by atoms with Gasteiger partial charge in [0, 0.05) is 43.3 Å². The number of anilines is 6. The van der Waals surface area contributed by atoms with Crippen LogP contribution in [0.15, 0.2) is 194 Å². The van der Waals surface area contributed by atoms with E-state index in [0.29, 0.717) is 0 Å². The molecule has 0 unspecified atom stereocenters. The molecule has 0 radical (unpaired) electrons. The molecule has 0 N–H and O–H groups in total. The molecule has 248 valence electrons. The standard InChI is InChI=1S/C50H32N2S/c1-3-14-37(15-4-1)51(39-27-22-33-12-7-8-13-36(33)32-39)44-30-25-34-24-29-43-45(31-26-35-23-28-42(44)48(34)49(35)43)52(38-16-5-2-6-17-38)46-20-11-19-41-40-18-9-10-21-47(40)53-50(41)46/h1-32H. The van der Waals surface area contributed by atoms with E-state index in [1.165, 1.54) is 74.6 Å². The van der Waals surface area contributed by atoms with Gasteiger partial charge in [-0.3, -0.25) is 0 Å². The number of benzene rings is 10. The number of rotatable bonds is 6. The Morgan fingerprint density at radius 2 is 0.849 bits per heavy atom. The largest absolute Gasteiger partial charge is 0.310 e. The van der Waals surface area contributed by atoms with Gasteiger partial charge in [0.1, 0.15) is 0 Å². The topological polar surface area (TPSA) is 6.48 Å². The summed E-state index contributed by atoms with van der Waals surface area (Å²) in [6.45, 7) is 0. The van der Waals surface area contributed by atoms with Gasteiger partial charge in [-0.1, -0.05) is 133 Å². The van der Waals surface area contributed by atoms with E-state index in [1.807, 2.05) is 11.3 Å². The Balaban J connectivity index is 1.18. The summed E-state index contributed by atoms with van der Waals surface area (Å²) in [7, 11) is 0. The van der Waals surface area contributed by atoms with E-state index < -0.39 is 0 Å². The summed E-state index contributed by atoms with van der Waals surface area (Å²) in [5, 5.41) is 12.6. The molecule has 0 aliphatic heterocycles. The summed E-state index contributed by atoms with van der Waals surface area (Å²) in [5.41, 5.74) is 6.93. The zero-order valence-corrected chi connectivity index (χ0v) is 29.6. The Hall–Kier alpha value is -6.68. The molecule has 0 atom stereocenters. The second kappa shape index (κ2) is 11.9. The van der Waals surface area contributed by atoms with Crippen LogP contribution in [0.2, 0.25) is 0 Å². The molecule has 3 heteroatoms. The third-order valence-electron chi connectivity index (χ3n) is 10.7. The molecule has 0 spiro atoms. The van der Waals surface area contributed by atoms with Crippen molar-refractivity contribution in [3.05, 3.63) is 194 Å². The zero-order valence-electron chi connectivity index (χ0n) is 28.8. The Kier molecular flexibility index (Phi) is 6.76. The lowest BCUT2D eigenvalue weighted by Crippen LogP contribution is -2.11. The molecule has 53 heavy (non-hydrogen) atoms. The van der Waals surface area contributed by atoms with E-state index in [2.05, 4.69) is 204 Å². The van der Waals surface area contributed by atoms with Gasteiger partial charge in [-0.05, 0) is 93.0 Å². The molecule has 1 heterocycles. The average Bonchev–Trinajstić information content (AvgIpc) is 3.61. The molecule has 0 bridgehead atoms. The Bertz CT molecular complexity index is 3130. The lowest BCUT2D eigenvalue weighted by atomic mass is 9.91. The fraction of sp³-hybridized carbons (Fsp3) is 0. The van der Waals surface area contributed by atoms with Crippen LogP contribution in [0, 0.1) is 0 Å². The minimum atomic E-state index is 1.13. The van der Waals surface area contributed by atoms with Crippen molar-refractivity contribution in [2.75, 3.05) is 9.80 Å². The van der Waals surface area contributed by atoms with Gasteiger partial charge in [0.25, 0.3) is 0 Å². The third-order valence-corrected chi connectivity index (χ3v) is 12.0. The van der Waals surface area contributed by atoms with Gasteiger partial charge in [-0.25, -0.2) is 0 Å². The summed E-state index contributed by atoms with van der Waals surface area (Å²) in [4.78, 5) is 4.88. The summed E-state index contributed by atoms with van der Waals surface area (Å²) >= 11 is 1.87. The van der Waals surface area contributed by atoms with Crippen molar-refractivity contribution in [1.82, 2.24) is 0 Å². The first kappa shape index (κ1) is 30.0. The van der Waals surface area contributed by atoms with Crippen molar-refractivity contribution < 1.29 is 0 Å². The van der Waals surface area contributed by atoms with Crippen molar-refractivity contribution in [1.29, 1.82) is 0 Å². The Morgan fingerprint density at radius 3 is 1.57 bits per heavy atom. The maximum atomic E-state index is 2.47. The Labute approximate surface area is 311 Å². The van der Waals surface area contributed by atoms with E-state index in [0.717, 1.165) is 22.7 Å². The number of nitrogens with zero attached hydrogens (tertiary/aromatic N) is 2. The van der Waals surface area contributed by atoms with Gasteiger partial charge in [-0.2, -0.15) is 0 Å². The molecule has 11 rings (SSSR count). The summed E-state index contributed by atoms with van der Waals surface area (Å²) < 4.78 is 2.60. The average molecular weight is 693 g/mol. The monoisotopic (exact) mass is 692 g/mol. The Morgan fingerprint density at radius 1 is 0.302 bits per heavy atom. The van der Waals surface area contributed by atoms with Gasteiger partial charge in [-0.15, -0.1) is 11.3 Å². The number of hydrogen-bond donors (Lipinski definition) is 0. The van der Waals surface area contributed by atoms with E-state index in [4.69, 9.17) is 0 Å². The van der Waals surface area contributed by atoms with Crippen LogP contribution >= 0.6 is 11.3 Å². The number of thiophene rings is 1. The van der Waals surface area contributed by atoms with Crippen molar-refractivity contribution in [3.63, 3.8) is 0 Å². The summed E-state index contributed by atoms with van der Waals surface area (Å²) in [6.07, 6.45) is 0. The summed E-state index contributed by atoms with van der Waals surface area (Å²) in [6, 6.07) is 71.0. The smallest absolute Gasteiger partial charge is 0.0640 e. The lowest BCUT2D eigenvalue weighted by Gasteiger charge is -2.29. The molecular weight excluding hydrogens is 661 g/mol. The molecule has 0 aliphatic rings. The molecule has 0 saturated heterocycles. The van der Waals surface area contributed by atoms with Crippen LogP contribution in [0.5, 0.6) is 0 Å². The first-order valence-corrected chi connectivity index (χ1v) is 18.9. The zero-order chi connectivity index (χ0) is 34.9.